The molecular formula is C20H22N2O2S. The van der Waals surface area contributed by atoms with Crippen molar-refractivity contribution >= 4 is 20.9 Å². The van der Waals surface area contributed by atoms with Crippen LogP contribution in [0.4, 0.5) is 0 Å². The molecule has 0 unspecified atom stereocenters. The summed E-state index contributed by atoms with van der Waals surface area (Å²) in [7, 11) is -3.22. The molecule has 0 saturated heterocycles. The molecule has 1 N–H and O–H groups in total. The molecule has 0 amide bonds. The lowest BCUT2D eigenvalue weighted by molar-refractivity contribution is 0.390. The summed E-state index contributed by atoms with van der Waals surface area (Å²) in [6, 6.07) is 18.2. The van der Waals surface area contributed by atoms with E-state index in [-0.39, 0.29) is 5.75 Å². The zero-order valence-electron chi connectivity index (χ0n) is 14.1. The van der Waals surface area contributed by atoms with E-state index in [9.17, 15) is 8.42 Å². The van der Waals surface area contributed by atoms with Gasteiger partial charge in [0.2, 0.25) is 10.0 Å². The standard InChI is InChI=1S/C20H22N2O2S/c23-25(24,14-6-9-16-7-2-1-3-8-16)22-13-12-20-18(15-22)17-10-4-5-11-19(17)21-20/h1-5,7-8,10-11,21H,6,9,12-15H2. The molecule has 25 heavy (non-hydrogen) atoms. The number of H-pyrrole nitrogens is 1. The van der Waals surface area contributed by atoms with Gasteiger partial charge in [-0.3, -0.25) is 0 Å². The highest BCUT2D eigenvalue weighted by molar-refractivity contribution is 7.89. The number of hydrogen-bond donors (Lipinski definition) is 1. The molecule has 1 aromatic heterocycles. The summed E-state index contributed by atoms with van der Waals surface area (Å²) in [6.07, 6.45) is 2.21. The fourth-order valence-corrected chi connectivity index (χ4v) is 5.07. The molecule has 1 aliphatic heterocycles. The Kier molecular flexibility index (Phi) is 4.36. The molecular weight excluding hydrogens is 332 g/mol. The second kappa shape index (κ2) is 6.65. The van der Waals surface area contributed by atoms with Crippen LogP contribution in [0.25, 0.3) is 10.9 Å². The van der Waals surface area contributed by atoms with Gasteiger partial charge < -0.3 is 4.98 Å². The normalized spacial score (nSPS) is 15.4. The number of sulfonamides is 1. The molecule has 3 aromatic rings. The quantitative estimate of drug-likeness (QED) is 0.762. The highest BCUT2D eigenvalue weighted by Gasteiger charge is 2.28. The Morgan fingerprint density at radius 1 is 1.00 bits per heavy atom. The molecule has 4 nitrogen and oxygen atoms in total. The monoisotopic (exact) mass is 354 g/mol. The van der Waals surface area contributed by atoms with Crippen molar-refractivity contribution in [3.63, 3.8) is 0 Å². The molecule has 5 heteroatoms. The van der Waals surface area contributed by atoms with Gasteiger partial charge in [-0.1, -0.05) is 48.5 Å². The Bertz CT molecular complexity index is 977. The molecule has 0 radical (unpaired) electrons. The lowest BCUT2D eigenvalue weighted by atomic mass is 10.1. The highest BCUT2D eigenvalue weighted by Crippen LogP contribution is 2.29. The first kappa shape index (κ1) is 16.4. The van der Waals surface area contributed by atoms with Crippen molar-refractivity contribution in [3.05, 3.63) is 71.4 Å². The predicted octanol–water partition coefficient (Wildman–Crippen LogP) is 3.49. The first-order valence-corrected chi connectivity index (χ1v) is 10.3. The highest BCUT2D eigenvalue weighted by atomic mass is 32.2. The van der Waals surface area contributed by atoms with Gasteiger partial charge in [-0.2, -0.15) is 4.31 Å². The van der Waals surface area contributed by atoms with E-state index in [1.165, 1.54) is 11.3 Å². The summed E-state index contributed by atoms with van der Waals surface area (Å²) in [6.45, 7) is 1.04. The molecule has 1 aliphatic rings. The predicted molar refractivity (Wildman–Crippen MR) is 101 cm³/mol. The first-order valence-electron chi connectivity index (χ1n) is 8.74. The molecule has 0 atom stereocenters. The SMILES string of the molecule is O=S(=O)(CCCc1ccccc1)N1CCc2[nH]c3ccccc3c2C1. The van der Waals surface area contributed by atoms with Crippen LogP contribution in [0.3, 0.4) is 0 Å². The molecule has 0 bridgehead atoms. The fraction of sp³-hybridized carbons (Fsp3) is 0.300. The molecule has 2 aromatic carbocycles. The van der Waals surface area contributed by atoms with Crippen molar-refractivity contribution in [1.29, 1.82) is 0 Å². The third-order valence-corrected chi connectivity index (χ3v) is 6.85. The van der Waals surface area contributed by atoms with Gasteiger partial charge in [0.25, 0.3) is 0 Å². The molecule has 2 heterocycles. The summed E-state index contributed by atoms with van der Waals surface area (Å²) in [5.41, 5.74) is 4.59. The van der Waals surface area contributed by atoms with Crippen LogP contribution in [0.15, 0.2) is 54.6 Å². The lowest BCUT2D eigenvalue weighted by Gasteiger charge is -2.26. The van der Waals surface area contributed by atoms with Gasteiger partial charge in [0.1, 0.15) is 0 Å². The number of para-hydroxylation sites is 1. The largest absolute Gasteiger partial charge is 0.358 e. The van der Waals surface area contributed by atoms with Crippen molar-refractivity contribution in [3.8, 4) is 0 Å². The number of nitrogens with one attached hydrogen (secondary N) is 1. The number of aromatic nitrogens is 1. The summed E-state index contributed by atoms with van der Waals surface area (Å²) in [5, 5.41) is 1.14. The smallest absolute Gasteiger partial charge is 0.214 e. The zero-order chi connectivity index (χ0) is 17.3. The number of rotatable bonds is 5. The minimum atomic E-state index is -3.22. The maximum Gasteiger partial charge on any atom is 0.214 e. The van der Waals surface area contributed by atoms with E-state index < -0.39 is 10.0 Å². The van der Waals surface area contributed by atoms with Crippen molar-refractivity contribution in [2.24, 2.45) is 0 Å². The van der Waals surface area contributed by atoms with Crippen LogP contribution in [-0.4, -0.2) is 30.0 Å². The summed E-state index contributed by atoms with van der Waals surface area (Å²) < 4.78 is 27.2. The van der Waals surface area contributed by atoms with Crippen LogP contribution in [0.5, 0.6) is 0 Å². The lowest BCUT2D eigenvalue weighted by Crippen LogP contribution is -2.37. The number of aryl methyl sites for hydroxylation is 1. The van der Waals surface area contributed by atoms with E-state index in [4.69, 9.17) is 0 Å². The van der Waals surface area contributed by atoms with Crippen LogP contribution in [-0.2, 0) is 29.4 Å². The van der Waals surface area contributed by atoms with Gasteiger partial charge >= 0.3 is 0 Å². The number of aromatic amines is 1. The number of nitrogens with zero attached hydrogens (tertiary/aromatic N) is 1. The maximum absolute atomic E-state index is 12.8. The van der Waals surface area contributed by atoms with Gasteiger partial charge in [0.15, 0.2) is 0 Å². The molecule has 130 valence electrons. The van der Waals surface area contributed by atoms with Crippen LogP contribution in [0, 0.1) is 0 Å². The fourth-order valence-electron chi connectivity index (χ4n) is 3.61. The zero-order valence-corrected chi connectivity index (χ0v) is 14.9. The van der Waals surface area contributed by atoms with Crippen LogP contribution < -0.4 is 0 Å². The molecule has 0 spiro atoms. The second-order valence-corrected chi connectivity index (χ2v) is 8.70. The average molecular weight is 354 g/mol. The number of benzene rings is 2. The topological polar surface area (TPSA) is 53.2 Å². The van der Waals surface area contributed by atoms with Crippen molar-refractivity contribution in [2.75, 3.05) is 12.3 Å². The van der Waals surface area contributed by atoms with E-state index >= 15 is 0 Å². The minimum absolute atomic E-state index is 0.208. The van der Waals surface area contributed by atoms with Crippen LogP contribution in [0.2, 0.25) is 0 Å². The molecule has 0 fully saturated rings. The summed E-state index contributed by atoms with van der Waals surface area (Å²) >= 11 is 0. The Hall–Kier alpha value is -2.11. The van der Waals surface area contributed by atoms with Crippen molar-refractivity contribution in [1.82, 2.24) is 9.29 Å². The Labute approximate surface area is 148 Å². The Morgan fingerprint density at radius 2 is 1.76 bits per heavy atom. The van der Waals surface area contributed by atoms with E-state index in [2.05, 4.69) is 11.1 Å². The minimum Gasteiger partial charge on any atom is -0.358 e. The maximum atomic E-state index is 12.8. The summed E-state index contributed by atoms with van der Waals surface area (Å²) in [4.78, 5) is 3.43. The number of hydrogen-bond acceptors (Lipinski definition) is 2. The first-order chi connectivity index (χ1) is 12.1. The van der Waals surface area contributed by atoms with Crippen LogP contribution in [0.1, 0.15) is 23.2 Å². The van der Waals surface area contributed by atoms with Gasteiger partial charge in [-0.25, -0.2) is 8.42 Å². The van der Waals surface area contributed by atoms with Gasteiger partial charge in [-0.05, 0) is 30.0 Å². The third kappa shape index (κ3) is 3.34. The third-order valence-electron chi connectivity index (χ3n) is 4.95. The van der Waals surface area contributed by atoms with Crippen molar-refractivity contribution in [2.45, 2.75) is 25.8 Å². The van der Waals surface area contributed by atoms with E-state index in [0.717, 1.165) is 29.3 Å². The molecule has 0 saturated carbocycles. The van der Waals surface area contributed by atoms with Crippen molar-refractivity contribution < 1.29 is 8.42 Å². The number of fused-ring (bicyclic) bond motifs is 3. The van der Waals surface area contributed by atoms with E-state index in [1.807, 2.05) is 48.5 Å². The van der Waals surface area contributed by atoms with Gasteiger partial charge in [0, 0.05) is 36.1 Å². The van der Waals surface area contributed by atoms with Gasteiger partial charge in [0.05, 0.1) is 5.75 Å². The van der Waals surface area contributed by atoms with Crippen LogP contribution >= 0.6 is 0 Å². The molecule has 4 rings (SSSR count). The van der Waals surface area contributed by atoms with E-state index in [1.54, 1.807) is 4.31 Å². The Balaban J connectivity index is 1.46. The summed E-state index contributed by atoms with van der Waals surface area (Å²) in [5.74, 6) is 0.208. The van der Waals surface area contributed by atoms with E-state index in [0.29, 0.717) is 19.5 Å². The Morgan fingerprint density at radius 3 is 2.60 bits per heavy atom. The average Bonchev–Trinajstić information content (AvgIpc) is 3.00. The second-order valence-electron chi connectivity index (χ2n) is 6.62. The van der Waals surface area contributed by atoms with Gasteiger partial charge in [-0.15, -0.1) is 0 Å². The molecule has 0 aliphatic carbocycles.